The summed E-state index contributed by atoms with van der Waals surface area (Å²) >= 11 is 0. The van der Waals surface area contributed by atoms with Crippen molar-refractivity contribution >= 4 is 5.91 Å². The SMILES string of the molecule is C#CCCC1(CCNC(=O)c2ccn(-c3ccc4c(c3)OCO4)n2)N=N1. The molecular formula is C18H17N5O3. The molecule has 0 saturated carbocycles. The van der Waals surface area contributed by atoms with Gasteiger partial charge in [-0.15, -0.1) is 12.3 Å². The Morgan fingerprint density at radius 3 is 2.92 bits per heavy atom. The first-order valence-corrected chi connectivity index (χ1v) is 8.31. The summed E-state index contributed by atoms with van der Waals surface area (Å²) in [6.45, 7) is 0.681. The highest BCUT2D eigenvalue weighted by Crippen LogP contribution is 2.36. The van der Waals surface area contributed by atoms with Crippen LogP contribution in [0.25, 0.3) is 5.69 Å². The molecule has 2 aliphatic heterocycles. The minimum absolute atomic E-state index is 0.215. The average Bonchev–Trinajstić information content (AvgIpc) is 3.07. The maximum absolute atomic E-state index is 12.3. The van der Waals surface area contributed by atoms with E-state index in [0.717, 1.165) is 12.1 Å². The van der Waals surface area contributed by atoms with Crippen LogP contribution < -0.4 is 14.8 Å². The topological polar surface area (TPSA) is 90.1 Å². The van der Waals surface area contributed by atoms with Gasteiger partial charge in [-0.3, -0.25) is 4.79 Å². The van der Waals surface area contributed by atoms with Crippen molar-refractivity contribution in [2.24, 2.45) is 10.2 Å². The zero-order chi connectivity index (χ0) is 18.0. The van der Waals surface area contributed by atoms with E-state index in [2.05, 4.69) is 26.6 Å². The second-order valence-electron chi connectivity index (χ2n) is 6.08. The Morgan fingerprint density at radius 2 is 2.12 bits per heavy atom. The lowest BCUT2D eigenvalue weighted by atomic mass is 10.0. The highest BCUT2D eigenvalue weighted by molar-refractivity contribution is 5.92. The summed E-state index contributed by atoms with van der Waals surface area (Å²) in [5.41, 5.74) is 0.730. The van der Waals surface area contributed by atoms with Gasteiger partial charge >= 0.3 is 0 Å². The highest BCUT2D eigenvalue weighted by Gasteiger charge is 2.38. The number of terminal acetylenes is 1. The van der Waals surface area contributed by atoms with E-state index in [1.54, 1.807) is 16.9 Å². The fourth-order valence-corrected chi connectivity index (χ4v) is 2.75. The van der Waals surface area contributed by atoms with Gasteiger partial charge in [0.2, 0.25) is 6.79 Å². The molecule has 132 valence electrons. The van der Waals surface area contributed by atoms with Crippen molar-refractivity contribution in [3.8, 4) is 29.5 Å². The molecule has 26 heavy (non-hydrogen) atoms. The molecule has 8 heteroatoms. The van der Waals surface area contributed by atoms with Crippen LogP contribution >= 0.6 is 0 Å². The van der Waals surface area contributed by atoms with Gasteiger partial charge in [0.25, 0.3) is 5.91 Å². The predicted octanol–water partition coefficient (Wildman–Crippen LogP) is 2.30. The Kier molecular flexibility index (Phi) is 4.05. The monoisotopic (exact) mass is 351 g/mol. The van der Waals surface area contributed by atoms with Crippen LogP contribution in [0.4, 0.5) is 0 Å². The predicted molar refractivity (Wildman–Crippen MR) is 92.3 cm³/mol. The minimum atomic E-state index is -0.397. The number of amides is 1. The van der Waals surface area contributed by atoms with Gasteiger partial charge in [-0.25, -0.2) is 4.68 Å². The van der Waals surface area contributed by atoms with E-state index in [9.17, 15) is 4.79 Å². The lowest BCUT2D eigenvalue weighted by molar-refractivity contribution is 0.0946. The molecule has 1 aromatic heterocycles. The molecule has 0 unspecified atom stereocenters. The van der Waals surface area contributed by atoms with E-state index in [0.29, 0.717) is 36.6 Å². The smallest absolute Gasteiger partial charge is 0.271 e. The molecule has 1 N–H and O–H groups in total. The molecule has 2 aromatic rings. The van der Waals surface area contributed by atoms with E-state index < -0.39 is 5.66 Å². The summed E-state index contributed by atoms with van der Waals surface area (Å²) in [5, 5.41) is 15.3. The number of nitrogens with one attached hydrogen (secondary N) is 1. The first kappa shape index (κ1) is 16.1. The fraction of sp³-hybridized carbons (Fsp3) is 0.333. The molecular weight excluding hydrogens is 334 g/mol. The van der Waals surface area contributed by atoms with E-state index in [4.69, 9.17) is 15.9 Å². The number of nitrogens with zero attached hydrogens (tertiary/aromatic N) is 4. The lowest BCUT2D eigenvalue weighted by Crippen LogP contribution is -2.28. The van der Waals surface area contributed by atoms with Crippen molar-refractivity contribution in [1.82, 2.24) is 15.1 Å². The van der Waals surface area contributed by atoms with Crippen molar-refractivity contribution in [2.45, 2.75) is 24.9 Å². The number of rotatable bonds is 7. The first-order chi connectivity index (χ1) is 12.7. The van der Waals surface area contributed by atoms with E-state index in [1.165, 1.54) is 0 Å². The number of hydrogen-bond acceptors (Lipinski definition) is 6. The molecule has 0 bridgehead atoms. The van der Waals surface area contributed by atoms with Gasteiger partial charge < -0.3 is 14.8 Å². The molecule has 0 saturated heterocycles. The van der Waals surface area contributed by atoms with Gasteiger partial charge in [0.15, 0.2) is 22.9 Å². The third kappa shape index (κ3) is 3.24. The fourth-order valence-electron chi connectivity index (χ4n) is 2.75. The molecule has 3 heterocycles. The van der Waals surface area contributed by atoms with E-state index >= 15 is 0 Å². The van der Waals surface area contributed by atoms with Gasteiger partial charge in [-0.2, -0.15) is 15.3 Å². The second kappa shape index (κ2) is 6.52. The molecule has 4 rings (SSSR count). The molecule has 1 aromatic carbocycles. The summed E-state index contributed by atoms with van der Waals surface area (Å²) in [6, 6.07) is 7.16. The van der Waals surface area contributed by atoms with Gasteiger partial charge in [-0.05, 0) is 18.2 Å². The quantitative estimate of drug-likeness (QED) is 0.775. The normalized spacial score (nSPS) is 15.5. The Bertz CT molecular complexity index is 906. The van der Waals surface area contributed by atoms with Gasteiger partial charge in [0.05, 0.1) is 5.69 Å². The van der Waals surface area contributed by atoms with Gasteiger partial charge in [-0.1, -0.05) is 0 Å². The number of carbonyl (C=O) groups is 1. The van der Waals surface area contributed by atoms with Crippen LogP contribution in [-0.2, 0) is 0 Å². The molecule has 0 atom stereocenters. The van der Waals surface area contributed by atoms with Crippen molar-refractivity contribution in [2.75, 3.05) is 13.3 Å². The molecule has 0 spiro atoms. The van der Waals surface area contributed by atoms with Crippen molar-refractivity contribution < 1.29 is 14.3 Å². The van der Waals surface area contributed by atoms with Crippen LogP contribution in [-0.4, -0.2) is 34.7 Å². The van der Waals surface area contributed by atoms with Gasteiger partial charge in [0.1, 0.15) is 0 Å². The third-order valence-corrected chi connectivity index (χ3v) is 4.31. The van der Waals surface area contributed by atoms with E-state index in [1.807, 2.05) is 18.2 Å². The minimum Gasteiger partial charge on any atom is -0.454 e. The van der Waals surface area contributed by atoms with Crippen LogP contribution in [0, 0.1) is 12.3 Å². The van der Waals surface area contributed by atoms with Crippen LogP contribution in [0.15, 0.2) is 40.7 Å². The average molecular weight is 351 g/mol. The Labute approximate surface area is 150 Å². The zero-order valence-electron chi connectivity index (χ0n) is 14.0. The first-order valence-electron chi connectivity index (χ1n) is 8.31. The Morgan fingerprint density at radius 1 is 1.27 bits per heavy atom. The van der Waals surface area contributed by atoms with E-state index in [-0.39, 0.29) is 12.7 Å². The zero-order valence-corrected chi connectivity index (χ0v) is 14.0. The molecule has 0 radical (unpaired) electrons. The summed E-state index contributed by atoms with van der Waals surface area (Å²) < 4.78 is 12.3. The number of hydrogen-bond donors (Lipinski definition) is 1. The lowest BCUT2D eigenvalue weighted by Gasteiger charge is -2.09. The molecule has 0 aliphatic carbocycles. The largest absolute Gasteiger partial charge is 0.454 e. The highest BCUT2D eigenvalue weighted by atomic mass is 16.7. The number of benzene rings is 1. The standard InChI is InChI=1S/C18H17N5O3/c1-2-3-7-18(21-22-18)8-9-19-17(24)14-6-10-23(20-14)13-4-5-15-16(11-13)26-12-25-15/h1,4-6,10-11H,3,7-9,12H2,(H,19,24). The third-order valence-electron chi connectivity index (χ3n) is 4.31. The number of ether oxygens (including phenoxy) is 2. The number of carbonyl (C=O) groups excluding carboxylic acids is 1. The molecule has 2 aliphatic rings. The number of fused-ring (bicyclic) bond motifs is 1. The molecule has 0 fully saturated rings. The van der Waals surface area contributed by atoms with Gasteiger partial charge in [0, 0.05) is 38.1 Å². The van der Waals surface area contributed by atoms with Crippen LogP contribution in [0.2, 0.25) is 0 Å². The van der Waals surface area contributed by atoms with Crippen molar-refractivity contribution in [3.63, 3.8) is 0 Å². The van der Waals surface area contributed by atoms with Crippen molar-refractivity contribution in [3.05, 3.63) is 36.2 Å². The summed E-state index contributed by atoms with van der Waals surface area (Å²) in [5.74, 6) is 3.71. The van der Waals surface area contributed by atoms with Crippen LogP contribution in [0.1, 0.15) is 29.8 Å². The molecule has 1 amide bonds. The van der Waals surface area contributed by atoms with Crippen LogP contribution in [0.5, 0.6) is 11.5 Å². The Hall–Kier alpha value is -3.34. The second-order valence-corrected chi connectivity index (χ2v) is 6.08. The number of aromatic nitrogens is 2. The maximum atomic E-state index is 12.3. The molecule has 8 nitrogen and oxygen atoms in total. The summed E-state index contributed by atoms with van der Waals surface area (Å²) in [7, 11) is 0. The van der Waals surface area contributed by atoms with Crippen molar-refractivity contribution in [1.29, 1.82) is 0 Å². The van der Waals surface area contributed by atoms with Crippen LogP contribution in [0.3, 0.4) is 0 Å². The maximum Gasteiger partial charge on any atom is 0.271 e. The Balaban J connectivity index is 1.34. The summed E-state index contributed by atoms with van der Waals surface area (Å²) in [6.07, 6.45) is 8.99. The summed E-state index contributed by atoms with van der Waals surface area (Å²) in [4.78, 5) is 12.3.